The van der Waals surface area contributed by atoms with Gasteiger partial charge in [-0.25, -0.2) is 8.42 Å². The Morgan fingerprint density at radius 2 is 1.73 bits per heavy atom. The predicted octanol–water partition coefficient (Wildman–Crippen LogP) is 3.75. The first-order valence-electron chi connectivity index (χ1n) is 10.8. The first-order valence-corrected chi connectivity index (χ1v) is 13.0. The van der Waals surface area contributed by atoms with Crippen molar-refractivity contribution in [3.63, 3.8) is 0 Å². The van der Waals surface area contributed by atoms with Gasteiger partial charge in [0.15, 0.2) is 0 Å². The molecule has 0 heterocycles. The Labute approximate surface area is 201 Å². The van der Waals surface area contributed by atoms with E-state index in [1.54, 1.807) is 55.5 Å². The number of benzene rings is 2. The summed E-state index contributed by atoms with van der Waals surface area (Å²) in [5, 5.41) is 3.40. The average Bonchev–Trinajstić information content (AvgIpc) is 2.75. The summed E-state index contributed by atoms with van der Waals surface area (Å²) in [4.78, 5) is 27.7. The summed E-state index contributed by atoms with van der Waals surface area (Å²) in [6, 6.07) is 13.0. The fourth-order valence-electron chi connectivity index (χ4n) is 3.20. The molecule has 2 rings (SSSR count). The molecule has 0 unspecified atom stereocenters. The Hall–Kier alpha value is -2.58. The van der Waals surface area contributed by atoms with E-state index in [1.165, 1.54) is 4.90 Å². The van der Waals surface area contributed by atoms with E-state index in [1.807, 2.05) is 20.8 Å². The molecular weight excluding hydrogens is 462 g/mol. The van der Waals surface area contributed by atoms with Crippen LogP contribution in [0.3, 0.4) is 0 Å². The Balaban J connectivity index is 2.37. The molecule has 0 fully saturated rings. The number of nitrogens with zero attached hydrogens (tertiary/aromatic N) is 2. The van der Waals surface area contributed by atoms with E-state index in [0.717, 1.165) is 28.1 Å². The van der Waals surface area contributed by atoms with Crippen LogP contribution in [0.1, 0.15) is 38.3 Å². The Morgan fingerprint density at radius 1 is 1.09 bits per heavy atom. The van der Waals surface area contributed by atoms with Crippen molar-refractivity contribution >= 4 is 39.1 Å². The minimum atomic E-state index is -3.74. The van der Waals surface area contributed by atoms with Gasteiger partial charge < -0.3 is 10.2 Å². The molecular formula is C24H32ClN3O4S. The van der Waals surface area contributed by atoms with Crippen molar-refractivity contribution in [2.24, 2.45) is 0 Å². The predicted molar refractivity (Wildman–Crippen MR) is 133 cm³/mol. The lowest BCUT2D eigenvalue weighted by Crippen LogP contribution is -2.52. The van der Waals surface area contributed by atoms with Crippen LogP contribution in [0, 0.1) is 6.92 Å². The Kier molecular flexibility index (Phi) is 9.31. The molecule has 0 radical (unpaired) electrons. The summed E-state index contributed by atoms with van der Waals surface area (Å²) >= 11 is 6.10. The maximum Gasteiger partial charge on any atom is 0.244 e. The quantitative estimate of drug-likeness (QED) is 0.546. The van der Waals surface area contributed by atoms with Gasteiger partial charge in [0.1, 0.15) is 12.6 Å². The maximum atomic E-state index is 13.4. The van der Waals surface area contributed by atoms with Crippen LogP contribution in [0.25, 0.3) is 0 Å². The lowest BCUT2D eigenvalue weighted by atomic mass is 10.1. The fourth-order valence-corrected chi connectivity index (χ4v) is 4.27. The van der Waals surface area contributed by atoms with Crippen molar-refractivity contribution < 1.29 is 18.0 Å². The zero-order chi connectivity index (χ0) is 24.8. The van der Waals surface area contributed by atoms with Crippen LogP contribution in [-0.2, 0) is 26.2 Å². The zero-order valence-electron chi connectivity index (χ0n) is 19.7. The molecule has 0 aliphatic carbocycles. The lowest BCUT2D eigenvalue weighted by Gasteiger charge is -2.32. The Morgan fingerprint density at radius 3 is 2.27 bits per heavy atom. The minimum absolute atomic E-state index is 0.0526. The summed E-state index contributed by atoms with van der Waals surface area (Å²) in [6.07, 6.45) is 1.80. The average molecular weight is 494 g/mol. The van der Waals surface area contributed by atoms with Gasteiger partial charge in [0, 0.05) is 17.6 Å². The second kappa shape index (κ2) is 11.5. The molecule has 2 amide bonds. The second-order valence-corrected chi connectivity index (χ2v) is 10.6. The number of aryl methyl sites for hydroxylation is 1. The highest BCUT2D eigenvalue weighted by molar-refractivity contribution is 7.92. The van der Waals surface area contributed by atoms with Crippen LogP contribution in [-0.4, -0.2) is 50.0 Å². The maximum absolute atomic E-state index is 13.4. The third-order valence-corrected chi connectivity index (χ3v) is 6.79. The molecule has 33 heavy (non-hydrogen) atoms. The number of rotatable bonds is 10. The van der Waals surface area contributed by atoms with E-state index in [9.17, 15) is 18.0 Å². The van der Waals surface area contributed by atoms with Gasteiger partial charge in [0.25, 0.3) is 0 Å². The smallest absolute Gasteiger partial charge is 0.244 e. The number of nitrogens with one attached hydrogen (secondary N) is 1. The number of carbonyl (C=O) groups is 2. The second-order valence-electron chi connectivity index (χ2n) is 8.25. The van der Waals surface area contributed by atoms with Crippen molar-refractivity contribution in [3.8, 4) is 0 Å². The van der Waals surface area contributed by atoms with Crippen LogP contribution in [0.15, 0.2) is 48.5 Å². The molecule has 1 N–H and O–H groups in total. The molecule has 2 atom stereocenters. The van der Waals surface area contributed by atoms with Gasteiger partial charge in [-0.1, -0.05) is 48.4 Å². The molecule has 0 bridgehead atoms. The number of sulfonamides is 1. The lowest BCUT2D eigenvalue weighted by molar-refractivity contribution is -0.139. The number of amides is 2. The first kappa shape index (κ1) is 26.7. The van der Waals surface area contributed by atoms with E-state index >= 15 is 0 Å². The van der Waals surface area contributed by atoms with Crippen molar-refractivity contribution in [3.05, 3.63) is 64.7 Å². The van der Waals surface area contributed by atoms with E-state index in [2.05, 4.69) is 5.32 Å². The molecule has 0 aliphatic heterocycles. The first-order chi connectivity index (χ1) is 15.4. The summed E-state index contributed by atoms with van der Waals surface area (Å²) in [5.74, 6) is -0.797. The number of anilines is 1. The van der Waals surface area contributed by atoms with E-state index in [-0.39, 0.29) is 18.5 Å². The highest BCUT2D eigenvalue weighted by Gasteiger charge is 2.30. The van der Waals surface area contributed by atoms with E-state index in [0.29, 0.717) is 10.7 Å². The van der Waals surface area contributed by atoms with Crippen molar-refractivity contribution in [1.29, 1.82) is 0 Å². The number of carbonyl (C=O) groups excluding carboxylic acids is 2. The van der Waals surface area contributed by atoms with Crippen LogP contribution >= 0.6 is 11.6 Å². The molecule has 0 aliphatic rings. The van der Waals surface area contributed by atoms with Gasteiger partial charge >= 0.3 is 0 Å². The van der Waals surface area contributed by atoms with Crippen LogP contribution < -0.4 is 9.62 Å². The minimum Gasteiger partial charge on any atom is -0.352 e. The number of halogens is 1. The Bertz CT molecular complexity index is 1070. The molecule has 180 valence electrons. The molecule has 0 spiro atoms. The third kappa shape index (κ3) is 7.75. The number of hydrogen-bond donors (Lipinski definition) is 1. The van der Waals surface area contributed by atoms with Gasteiger partial charge in [-0.3, -0.25) is 13.9 Å². The molecule has 0 saturated carbocycles. The standard InChI is InChI=1S/C24H32ClN3O4S/c1-6-18(3)26-24(30)19(4)27(15-20-8-7-9-21(25)14-20)23(29)16-28(33(5,31)32)22-12-10-17(2)11-13-22/h7-14,18-19H,6,15-16H2,1-5H3,(H,26,30)/t18-,19-/m1/s1. The van der Waals surface area contributed by atoms with Gasteiger partial charge in [-0.2, -0.15) is 0 Å². The summed E-state index contributed by atoms with van der Waals surface area (Å²) < 4.78 is 26.1. The van der Waals surface area contributed by atoms with E-state index in [4.69, 9.17) is 11.6 Å². The molecule has 2 aromatic carbocycles. The molecule has 0 aromatic heterocycles. The van der Waals surface area contributed by atoms with Crippen molar-refractivity contribution in [1.82, 2.24) is 10.2 Å². The van der Waals surface area contributed by atoms with Crippen LogP contribution in [0.4, 0.5) is 5.69 Å². The zero-order valence-corrected chi connectivity index (χ0v) is 21.3. The normalized spacial score (nSPS) is 13.2. The number of hydrogen-bond acceptors (Lipinski definition) is 4. The van der Waals surface area contributed by atoms with Gasteiger partial charge in [-0.15, -0.1) is 0 Å². The molecule has 0 saturated heterocycles. The van der Waals surface area contributed by atoms with Crippen LogP contribution in [0.5, 0.6) is 0 Å². The summed E-state index contributed by atoms with van der Waals surface area (Å²) in [7, 11) is -3.74. The SMILES string of the molecule is CC[C@@H](C)NC(=O)[C@@H](C)N(Cc1cccc(Cl)c1)C(=O)CN(c1ccc(C)cc1)S(C)(=O)=O. The fraction of sp³-hybridized carbons (Fsp3) is 0.417. The molecule has 2 aromatic rings. The van der Waals surface area contributed by atoms with E-state index < -0.39 is 28.5 Å². The third-order valence-electron chi connectivity index (χ3n) is 5.41. The molecule has 7 nitrogen and oxygen atoms in total. The van der Waals surface area contributed by atoms with Crippen molar-refractivity contribution in [2.45, 2.75) is 52.7 Å². The van der Waals surface area contributed by atoms with Crippen LogP contribution in [0.2, 0.25) is 5.02 Å². The monoisotopic (exact) mass is 493 g/mol. The summed E-state index contributed by atoms with van der Waals surface area (Å²) in [6.45, 7) is 7.05. The topological polar surface area (TPSA) is 86.8 Å². The van der Waals surface area contributed by atoms with Gasteiger partial charge in [-0.05, 0) is 57.0 Å². The van der Waals surface area contributed by atoms with Gasteiger partial charge in [0.2, 0.25) is 21.8 Å². The highest BCUT2D eigenvalue weighted by Crippen LogP contribution is 2.20. The summed E-state index contributed by atoms with van der Waals surface area (Å²) in [5.41, 5.74) is 2.09. The van der Waals surface area contributed by atoms with Crippen molar-refractivity contribution in [2.75, 3.05) is 17.1 Å². The highest BCUT2D eigenvalue weighted by atomic mass is 35.5. The largest absolute Gasteiger partial charge is 0.352 e. The molecule has 9 heteroatoms. The van der Waals surface area contributed by atoms with Gasteiger partial charge in [0.05, 0.1) is 11.9 Å².